The third-order valence-electron chi connectivity index (χ3n) is 2.64. The number of benzene rings is 1. The zero-order chi connectivity index (χ0) is 13.8. The number of anilines is 1. The maximum absolute atomic E-state index is 12.0. The monoisotopic (exact) mass is 278 g/mol. The first kappa shape index (κ1) is 13.4. The van der Waals surface area contributed by atoms with Gasteiger partial charge in [-0.2, -0.15) is 0 Å². The van der Waals surface area contributed by atoms with Crippen molar-refractivity contribution in [3.63, 3.8) is 0 Å². The van der Waals surface area contributed by atoms with Gasteiger partial charge in [0.2, 0.25) is 11.5 Å². The summed E-state index contributed by atoms with van der Waals surface area (Å²) in [7, 11) is 1.68. The van der Waals surface area contributed by atoms with Gasteiger partial charge in [0.05, 0.1) is 0 Å². The Morgan fingerprint density at radius 2 is 2.05 bits per heavy atom. The molecule has 0 saturated heterocycles. The third-order valence-corrected chi connectivity index (χ3v) is 3.39. The molecule has 2 N–H and O–H groups in total. The van der Waals surface area contributed by atoms with Gasteiger partial charge in [-0.1, -0.05) is 12.1 Å². The van der Waals surface area contributed by atoms with Crippen LogP contribution in [0.25, 0.3) is 0 Å². The van der Waals surface area contributed by atoms with Crippen molar-refractivity contribution in [2.75, 3.05) is 19.0 Å². The van der Waals surface area contributed by atoms with Crippen molar-refractivity contribution in [3.8, 4) is 0 Å². The Morgan fingerprint density at radius 3 is 2.58 bits per heavy atom. The second-order valence-corrected chi connectivity index (χ2v) is 4.89. The van der Waals surface area contributed by atoms with Crippen molar-refractivity contribution in [1.82, 2.24) is 15.2 Å². The Morgan fingerprint density at radius 1 is 1.37 bits per heavy atom. The molecule has 1 heterocycles. The standard InChI is InChI=1S/C12H14N4O2S/c1-16(12(17)10-11(13)15-18-14-10)7-8-3-5-9(19-2)6-4-8/h3-6H,7H2,1-2H3,(H2,13,15). The molecular formula is C12H14N4O2S. The second kappa shape index (κ2) is 5.75. The predicted molar refractivity (Wildman–Crippen MR) is 72.7 cm³/mol. The number of aromatic nitrogens is 2. The van der Waals surface area contributed by atoms with Crippen molar-refractivity contribution in [2.45, 2.75) is 11.4 Å². The van der Waals surface area contributed by atoms with Crippen LogP contribution < -0.4 is 5.73 Å². The maximum Gasteiger partial charge on any atom is 0.280 e. The maximum atomic E-state index is 12.0. The topological polar surface area (TPSA) is 85.2 Å². The molecule has 0 radical (unpaired) electrons. The van der Waals surface area contributed by atoms with Gasteiger partial charge in [0.25, 0.3) is 5.91 Å². The fraction of sp³-hybridized carbons (Fsp3) is 0.250. The number of hydrogen-bond donors (Lipinski definition) is 1. The molecule has 0 saturated carbocycles. The Labute approximate surface area is 114 Å². The first-order valence-corrected chi connectivity index (χ1v) is 6.80. The SMILES string of the molecule is CSc1ccc(CN(C)C(=O)c2nonc2N)cc1. The Bertz CT molecular complexity index is 567. The van der Waals surface area contributed by atoms with Crippen molar-refractivity contribution in [3.05, 3.63) is 35.5 Å². The molecule has 0 aliphatic heterocycles. The van der Waals surface area contributed by atoms with Crippen molar-refractivity contribution < 1.29 is 9.42 Å². The number of nitrogen functional groups attached to an aromatic ring is 1. The van der Waals surface area contributed by atoms with E-state index in [9.17, 15) is 4.79 Å². The fourth-order valence-corrected chi connectivity index (χ4v) is 2.01. The molecule has 1 aromatic carbocycles. The van der Waals surface area contributed by atoms with Gasteiger partial charge >= 0.3 is 0 Å². The van der Waals surface area contributed by atoms with Crippen LogP contribution in [0.1, 0.15) is 16.1 Å². The number of nitrogens with two attached hydrogens (primary N) is 1. The molecule has 0 bridgehead atoms. The van der Waals surface area contributed by atoms with E-state index in [0.717, 1.165) is 5.56 Å². The van der Waals surface area contributed by atoms with Gasteiger partial charge in [0.1, 0.15) is 0 Å². The lowest BCUT2D eigenvalue weighted by Crippen LogP contribution is -2.27. The summed E-state index contributed by atoms with van der Waals surface area (Å²) in [6.45, 7) is 0.472. The summed E-state index contributed by atoms with van der Waals surface area (Å²) >= 11 is 1.67. The fourth-order valence-electron chi connectivity index (χ4n) is 1.60. The highest BCUT2D eigenvalue weighted by molar-refractivity contribution is 7.98. The molecule has 100 valence electrons. The van der Waals surface area contributed by atoms with Crippen LogP contribution in [0.3, 0.4) is 0 Å². The van der Waals surface area contributed by atoms with Gasteiger partial charge in [0, 0.05) is 18.5 Å². The smallest absolute Gasteiger partial charge is 0.280 e. The minimum absolute atomic E-state index is 0.00887. The molecule has 1 aromatic heterocycles. The minimum atomic E-state index is -0.312. The number of hydrogen-bond acceptors (Lipinski definition) is 6. The van der Waals surface area contributed by atoms with Crippen LogP contribution in [0.2, 0.25) is 0 Å². The van der Waals surface area contributed by atoms with E-state index in [1.165, 1.54) is 9.80 Å². The molecule has 2 aromatic rings. The van der Waals surface area contributed by atoms with Gasteiger partial charge in [0.15, 0.2) is 0 Å². The van der Waals surface area contributed by atoms with Gasteiger partial charge in [-0.05, 0) is 34.3 Å². The molecule has 0 atom stereocenters. The normalized spacial score (nSPS) is 10.4. The molecular weight excluding hydrogens is 264 g/mol. The summed E-state index contributed by atoms with van der Waals surface area (Å²) in [5.41, 5.74) is 6.57. The van der Waals surface area contributed by atoms with Gasteiger partial charge in [-0.15, -0.1) is 11.8 Å². The molecule has 0 aliphatic rings. The summed E-state index contributed by atoms with van der Waals surface area (Å²) in [6.07, 6.45) is 2.02. The van der Waals surface area contributed by atoms with E-state index < -0.39 is 0 Å². The summed E-state index contributed by atoms with van der Waals surface area (Å²) in [5, 5.41) is 6.89. The molecule has 2 rings (SSSR count). The van der Waals surface area contributed by atoms with Crippen molar-refractivity contribution in [2.24, 2.45) is 0 Å². The van der Waals surface area contributed by atoms with E-state index in [4.69, 9.17) is 5.73 Å². The lowest BCUT2D eigenvalue weighted by Gasteiger charge is -2.15. The molecule has 0 fully saturated rings. The molecule has 1 amide bonds. The van der Waals surface area contributed by atoms with Crippen molar-refractivity contribution in [1.29, 1.82) is 0 Å². The molecule has 6 nitrogen and oxygen atoms in total. The van der Waals surface area contributed by atoms with Crippen LogP contribution >= 0.6 is 11.8 Å². The lowest BCUT2D eigenvalue weighted by molar-refractivity contribution is 0.0774. The van der Waals surface area contributed by atoms with E-state index in [1.54, 1.807) is 18.8 Å². The summed E-state index contributed by atoms with van der Waals surface area (Å²) in [4.78, 5) is 14.7. The predicted octanol–water partition coefficient (Wildman–Crippen LogP) is 1.65. The lowest BCUT2D eigenvalue weighted by atomic mass is 10.2. The molecule has 19 heavy (non-hydrogen) atoms. The summed E-state index contributed by atoms with van der Waals surface area (Å²) in [5.74, 6) is -0.303. The van der Waals surface area contributed by atoms with Gasteiger partial charge < -0.3 is 10.6 Å². The van der Waals surface area contributed by atoms with E-state index in [-0.39, 0.29) is 17.4 Å². The van der Waals surface area contributed by atoms with Crippen LogP contribution in [0.4, 0.5) is 5.82 Å². The van der Waals surface area contributed by atoms with Crippen LogP contribution in [-0.4, -0.2) is 34.4 Å². The Hall–Kier alpha value is -2.02. The van der Waals surface area contributed by atoms with E-state index in [0.29, 0.717) is 6.54 Å². The number of thioether (sulfide) groups is 1. The van der Waals surface area contributed by atoms with E-state index in [2.05, 4.69) is 14.9 Å². The minimum Gasteiger partial charge on any atom is -0.379 e. The van der Waals surface area contributed by atoms with Gasteiger partial charge in [-0.25, -0.2) is 4.63 Å². The molecule has 0 aliphatic carbocycles. The van der Waals surface area contributed by atoms with Crippen LogP contribution in [0.5, 0.6) is 0 Å². The highest BCUT2D eigenvalue weighted by Crippen LogP contribution is 2.16. The number of nitrogens with zero attached hydrogens (tertiary/aromatic N) is 3. The number of carbonyl (C=O) groups excluding carboxylic acids is 1. The quantitative estimate of drug-likeness (QED) is 0.856. The van der Waals surface area contributed by atoms with Crippen LogP contribution in [-0.2, 0) is 6.54 Å². The zero-order valence-electron chi connectivity index (χ0n) is 10.7. The zero-order valence-corrected chi connectivity index (χ0v) is 11.5. The van der Waals surface area contributed by atoms with Crippen molar-refractivity contribution >= 4 is 23.5 Å². The first-order chi connectivity index (χ1) is 9.11. The molecule has 7 heteroatoms. The molecule has 0 spiro atoms. The number of rotatable bonds is 4. The third kappa shape index (κ3) is 3.05. The number of amides is 1. The Balaban J connectivity index is 2.06. The molecule has 0 unspecified atom stereocenters. The van der Waals surface area contributed by atoms with E-state index in [1.807, 2.05) is 30.5 Å². The summed E-state index contributed by atoms with van der Waals surface area (Å²) in [6, 6.07) is 8.01. The average Bonchev–Trinajstić information content (AvgIpc) is 2.85. The highest BCUT2D eigenvalue weighted by Gasteiger charge is 2.20. The van der Waals surface area contributed by atoms with E-state index >= 15 is 0 Å². The second-order valence-electron chi connectivity index (χ2n) is 4.01. The van der Waals surface area contributed by atoms with Crippen LogP contribution in [0.15, 0.2) is 33.8 Å². The largest absolute Gasteiger partial charge is 0.379 e. The average molecular weight is 278 g/mol. The Kier molecular flexibility index (Phi) is 4.06. The summed E-state index contributed by atoms with van der Waals surface area (Å²) < 4.78 is 4.42. The van der Waals surface area contributed by atoms with Crippen LogP contribution in [0, 0.1) is 0 Å². The van der Waals surface area contributed by atoms with Gasteiger partial charge in [-0.3, -0.25) is 4.79 Å². The number of carbonyl (C=O) groups is 1. The first-order valence-electron chi connectivity index (χ1n) is 5.58. The highest BCUT2D eigenvalue weighted by atomic mass is 32.2.